The van der Waals surface area contributed by atoms with Gasteiger partial charge in [0.15, 0.2) is 0 Å². The lowest BCUT2D eigenvalue weighted by Gasteiger charge is -2.31. The van der Waals surface area contributed by atoms with Crippen LogP contribution in [0.25, 0.3) is 0 Å². The molecule has 2 N–H and O–H groups in total. The Balaban J connectivity index is 1.85. The van der Waals surface area contributed by atoms with Crippen molar-refractivity contribution in [3.8, 4) is 0 Å². The minimum Gasteiger partial charge on any atom is -0.326 e. The van der Waals surface area contributed by atoms with Crippen LogP contribution in [0, 0.1) is 17.8 Å². The zero-order valence-corrected chi connectivity index (χ0v) is 10.8. The Morgan fingerprint density at radius 3 is 3.06 bits per heavy atom. The third-order valence-electron chi connectivity index (χ3n) is 5.57. The largest absolute Gasteiger partial charge is 0.326 e. The zero-order chi connectivity index (χ0) is 12.3. The second-order valence-electron chi connectivity index (χ2n) is 6.30. The van der Waals surface area contributed by atoms with Crippen molar-refractivity contribution in [1.82, 2.24) is 10.3 Å². The summed E-state index contributed by atoms with van der Waals surface area (Å²) in [5.74, 6) is 2.94. The van der Waals surface area contributed by atoms with E-state index in [-0.39, 0.29) is 5.56 Å². The number of aromatic amines is 1. The molecule has 1 aliphatic heterocycles. The molecule has 0 amide bonds. The summed E-state index contributed by atoms with van der Waals surface area (Å²) >= 11 is 0. The lowest BCUT2D eigenvalue weighted by molar-refractivity contribution is 0.247. The minimum atomic E-state index is 0.0543. The summed E-state index contributed by atoms with van der Waals surface area (Å²) in [5, 5.41) is 3.75. The highest BCUT2D eigenvalue weighted by molar-refractivity contribution is 5.34. The molecule has 1 aromatic rings. The molecule has 0 radical (unpaired) electrons. The molecular weight excluding hydrogens is 224 g/mol. The lowest BCUT2D eigenvalue weighted by Crippen LogP contribution is -2.41. The fourth-order valence-electron chi connectivity index (χ4n) is 4.85. The second-order valence-corrected chi connectivity index (χ2v) is 6.30. The molecule has 2 heterocycles. The van der Waals surface area contributed by atoms with Crippen molar-refractivity contribution >= 4 is 0 Å². The maximum absolute atomic E-state index is 11.5. The third-order valence-corrected chi connectivity index (χ3v) is 5.57. The lowest BCUT2D eigenvalue weighted by atomic mass is 9.76. The molecule has 4 rings (SSSR count). The average Bonchev–Trinajstić information content (AvgIpc) is 2.56. The Morgan fingerprint density at radius 1 is 1.28 bits per heavy atom. The molecule has 3 aliphatic rings. The predicted octanol–water partition coefficient (Wildman–Crippen LogP) is 1.65. The Labute approximate surface area is 107 Å². The molecule has 3 heteroatoms. The first kappa shape index (κ1) is 10.8. The quantitative estimate of drug-likeness (QED) is 0.729. The van der Waals surface area contributed by atoms with Crippen LogP contribution in [-0.4, -0.2) is 17.6 Å². The van der Waals surface area contributed by atoms with Gasteiger partial charge in [-0.15, -0.1) is 0 Å². The van der Waals surface area contributed by atoms with Gasteiger partial charge in [0.1, 0.15) is 0 Å². The molecule has 18 heavy (non-hydrogen) atoms. The summed E-state index contributed by atoms with van der Waals surface area (Å²) in [6.07, 6.45) is 3.75. The summed E-state index contributed by atoms with van der Waals surface area (Å²) in [5.41, 5.74) is 2.67. The van der Waals surface area contributed by atoms with E-state index in [0.717, 1.165) is 30.7 Å². The fourth-order valence-corrected chi connectivity index (χ4v) is 4.85. The van der Waals surface area contributed by atoms with Crippen LogP contribution in [0.3, 0.4) is 0 Å². The van der Waals surface area contributed by atoms with Gasteiger partial charge in [0.25, 0.3) is 0 Å². The highest BCUT2D eigenvalue weighted by Crippen LogP contribution is 2.54. The van der Waals surface area contributed by atoms with Crippen LogP contribution in [0.1, 0.15) is 36.9 Å². The monoisotopic (exact) mass is 244 g/mol. The summed E-state index contributed by atoms with van der Waals surface area (Å²) in [7, 11) is 0. The van der Waals surface area contributed by atoms with Crippen LogP contribution in [0.2, 0.25) is 0 Å². The zero-order valence-electron chi connectivity index (χ0n) is 10.8. The third kappa shape index (κ3) is 1.31. The highest BCUT2D eigenvalue weighted by atomic mass is 16.1. The summed E-state index contributed by atoms with van der Waals surface area (Å²) in [4.78, 5) is 14.6. The smallest absolute Gasteiger partial charge is 0.248 e. The van der Waals surface area contributed by atoms with E-state index in [1.165, 1.54) is 24.1 Å². The van der Waals surface area contributed by atoms with E-state index < -0.39 is 0 Å². The fraction of sp³-hybridized carbons (Fsp3) is 0.667. The molecule has 96 valence electrons. The topological polar surface area (TPSA) is 44.9 Å². The first-order valence-electron chi connectivity index (χ1n) is 7.21. The number of hydrogen-bond acceptors (Lipinski definition) is 2. The van der Waals surface area contributed by atoms with Gasteiger partial charge in [-0.1, -0.05) is 13.0 Å². The number of H-pyrrole nitrogens is 1. The summed E-state index contributed by atoms with van der Waals surface area (Å²) in [6.45, 7) is 3.57. The normalized spacial score (nSPS) is 41.3. The molecular formula is C15H20N2O. The number of rotatable bonds is 0. The Hall–Kier alpha value is -1.09. The first-order chi connectivity index (χ1) is 8.75. The molecule has 0 aromatic carbocycles. The van der Waals surface area contributed by atoms with Crippen molar-refractivity contribution in [3.05, 3.63) is 33.7 Å². The molecule has 1 saturated heterocycles. The van der Waals surface area contributed by atoms with Gasteiger partial charge in [0, 0.05) is 23.7 Å². The molecule has 1 aromatic heterocycles. The Bertz CT molecular complexity index is 536. The van der Waals surface area contributed by atoms with E-state index in [2.05, 4.69) is 23.3 Å². The van der Waals surface area contributed by atoms with Crippen molar-refractivity contribution in [1.29, 1.82) is 0 Å². The van der Waals surface area contributed by atoms with Gasteiger partial charge in [-0.05, 0) is 49.1 Å². The van der Waals surface area contributed by atoms with Crippen molar-refractivity contribution in [2.45, 2.75) is 38.1 Å². The van der Waals surface area contributed by atoms with Crippen molar-refractivity contribution < 1.29 is 0 Å². The van der Waals surface area contributed by atoms with Gasteiger partial charge in [-0.25, -0.2) is 0 Å². The van der Waals surface area contributed by atoms with Crippen LogP contribution < -0.4 is 10.9 Å². The molecule has 2 aliphatic carbocycles. The van der Waals surface area contributed by atoms with Crippen molar-refractivity contribution in [3.63, 3.8) is 0 Å². The summed E-state index contributed by atoms with van der Waals surface area (Å²) in [6, 6.07) is 4.41. The van der Waals surface area contributed by atoms with Crippen molar-refractivity contribution in [2.75, 3.05) is 6.54 Å². The van der Waals surface area contributed by atoms with E-state index in [4.69, 9.17) is 0 Å². The molecule has 1 saturated carbocycles. The molecule has 5 atom stereocenters. The predicted molar refractivity (Wildman–Crippen MR) is 70.7 cm³/mol. The van der Waals surface area contributed by atoms with Crippen molar-refractivity contribution in [2.24, 2.45) is 17.8 Å². The second kappa shape index (κ2) is 3.70. The number of hydrogen-bond donors (Lipinski definition) is 2. The van der Waals surface area contributed by atoms with Gasteiger partial charge >= 0.3 is 0 Å². The number of piperidine rings is 1. The first-order valence-corrected chi connectivity index (χ1v) is 7.21. The average molecular weight is 244 g/mol. The van der Waals surface area contributed by atoms with E-state index in [1.54, 1.807) is 6.07 Å². The van der Waals surface area contributed by atoms with Crippen LogP contribution >= 0.6 is 0 Å². The highest BCUT2D eigenvalue weighted by Gasteiger charge is 2.52. The number of aromatic nitrogens is 1. The van der Waals surface area contributed by atoms with Crippen LogP contribution in [0.4, 0.5) is 0 Å². The van der Waals surface area contributed by atoms with Crippen LogP contribution in [0.15, 0.2) is 16.9 Å². The number of pyridine rings is 1. The SMILES string of the molecule is C[C@@H]1C2c3ccc(=O)[nH]c3C[C@H]1[C@@H]1CCCN[C@H]21. The Morgan fingerprint density at radius 2 is 2.17 bits per heavy atom. The molecule has 0 spiro atoms. The van der Waals surface area contributed by atoms with E-state index in [9.17, 15) is 4.79 Å². The van der Waals surface area contributed by atoms with Gasteiger partial charge in [0.05, 0.1) is 0 Å². The number of nitrogens with one attached hydrogen (secondary N) is 2. The summed E-state index contributed by atoms with van der Waals surface area (Å²) < 4.78 is 0. The van der Waals surface area contributed by atoms with Gasteiger partial charge in [-0.2, -0.15) is 0 Å². The standard InChI is InChI=1S/C15H20N2O/c1-8-11-7-12-10(4-5-13(18)17-12)14(8)15-9(11)3-2-6-16-15/h4-5,8-9,11,14-16H,2-3,6-7H2,1H3,(H,17,18)/t8-,9-,11+,14?,15-/m0/s1. The van der Waals surface area contributed by atoms with E-state index >= 15 is 0 Å². The molecule has 2 bridgehead atoms. The minimum absolute atomic E-state index is 0.0543. The molecule has 2 fully saturated rings. The van der Waals surface area contributed by atoms with Crippen LogP contribution in [0.5, 0.6) is 0 Å². The van der Waals surface area contributed by atoms with Crippen LogP contribution in [-0.2, 0) is 6.42 Å². The Kier molecular flexibility index (Phi) is 2.22. The molecule has 1 unspecified atom stereocenters. The van der Waals surface area contributed by atoms with Gasteiger partial charge in [-0.3, -0.25) is 4.79 Å². The van der Waals surface area contributed by atoms with E-state index in [0.29, 0.717) is 12.0 Å². The van der Waals surface area contributed by atoms with Gasteiger partial charge in [0.2, 0.25) is 5.56 Å². The maximum Gasteiger partial charge on any atom is 0.248 e. The van der Waals surface area contributed by atoms with E-state index in [1.807, 2.05) is 0 Å². The van der Waals surface area contributed by atoms with Gasteiger partial charge < -0.3 is 10.3 Å². The maximum atomic E-state index is 11.5. The molecule has 3 nitrogen and oxygen atoms in total. The number of fused-ring (bicyclic) bond motifs is 7.